The van der Waals surface area contributed by atoms with Crippen LogP contribution in [0.1, 0.15) is 38.7 Å². The third-order valence-corrected chi connectivity index (χ3v) is 3.07. The molecule has 1 aromatic rings. The van der Waals surface area contributed by atoms with Crippen LogP contribution in [0.25, 0.3) is 6.08 Å². The highest BCUT2D eigenvalue weighted by Crippen LogP contribution is 2.30. The van der Waals surface area contributed by atoms with Gasteiger partial charge in [0.2, 0.25) is 0 Å². The fourth-order valence-corrected chi connectivity index (χ4v) is 2.05. The predicted octanol–water partition coefficient (Wildman–Crippen LogP) is 5.41. The van der Waals surface area contributed by atoms with E-state index in [4.69, 9.17) is 9.47 Å². The van der Waals surface area contributed by atoms with Crippen molar-refractivity contribution in [2.45, 2.75) is 39.2 Å². The maximum atomic E-state index is 6.09. The van der Waals surface area contributed by atoms with Gasteiger partial charge in [-0.2, -0.15) is 0 Å². The van der Waals surface area contributed by atoms with Crippen LogP contribution < -0.4 is 9.47 Å². The monoisotopic (exact) mass is 286 g/mol. The molecule has 1 rings (SSSR count). The van der Waals surface area contributed by atoms with Gasteiger partial charge in [-0.1, -0.05) is 43.4 Å². The Labute approximate surface area is 128 Å². The van der Waals surface area contributed by atoms with E-state index in [-0.39, 0.29) is 6.10 Å². The van der Waals surface area contributed by atoms with E-state index >= 15 is 0 Å². The minimum atomic E-state index is 0.0896. The van der Waals surface area contributed by atoms with Gasteiger partial charge in [0.05, 0.1) is 7.11 Å². The summed E-state index contributed by atoms with van der Waals surface area (Å²) in [6, 6.07) is 5.99. The largest absolute Gasteiger partial charge is 0.493 e. The quantitative estimate of drug-likeness (QED) is 0.565. The number of methoxy groups -OCH3 is 1. The third-order valence-electron chi connectivity index (χ3n) is 3.07. The van der Waals surface area contributed by atoms with Crippen molar-refractivity contribution in [3.8, 4) is 11.5 Å². The van der Waals surface area contributed by atoms with Crippen LogP contribution in [0, 0.1) is 0 Å². The lowest BCUT2D eigenvalue weighted by molar-refractivity contribution is 0.199. The van der Waals surface area contributed by atoms with Crippen molar-refractivity contribution in [1.82, 2.24) is 0 Å². The molecule has 0 aromatic heterocycles. The van der Waals surface area contributed by atoms with Crippen molar-refractivity contribution in [3.63, 3.8) is 0 Å². The van der Waals surface area contributed by atoms with Crippen LogP contribution in [0.5, 0.6) is 11.5 Å². The van der Waals surface area contributed by atoms with Gasteiger partial charge in [0.1, 0.15) is 6.10 Å². The highest BCUT2D eigenvalue weighted by atomic mass is 16.5. The summed E-state index contributed by atoms with van der Waals surface area (Å²) in [6.07, 6.45) is 13.1. The van der Waals surface area contributed by atoms with Gasteiger partial charge >= 0.3 is 0 Å². The topological polar surface area (TPSA) is 18.5 Å². The van der Waals surface area contributed by atoms with Crippen LogP contribution in [0.2, 0.25) is 0 Å². The minimum absolute atomic E-state index is 0.0896. The van der Waals surface area contributed by atoms with Gasteiger partial charge < -0.3 is 9.47 Å². The van der Waals surface area contributed by atoms with Crippen molar-refractivity contribution >= 4 is 6.08 Å². The SMILES string of the molecule is C=CCC(C/C=C\CC)Oc1ccc(C=CC)cc1OC. The highest BCUT2D eigenvalue weighted by Gasteiger charge is 2.11. The molecule has 2 heteroatoms. The number of hydrogen-bond donors (Lipinski definition) is 0. The second-order valence-electron chi connectivity index (χ2n) is 4.79. The van der Waals surface area contributed by atoms with Crippen molar-refractivity contribution in [2.24, 2.45) is 0 Å². The molecule has 2 nitrogen and oxygen atoms in total. The summed E-state index contributed by atoms with van der Waals surface area (Å²) in [6.45, 7) is 7.93. The fourth-order valence-electron chi connectivity index (χ4n) is 2.05. The molecule has 114 valence electrons. The maximum Gasteiger partial charge on any atom is 0.161 e. The number of hydrogen-bond acceptors (Lipinski definition) is 2. The number of rotatable bonds is 9. The molecule has 0 aliphatic rings. The van der Waals surface area contributed by atoms with E-state index in [9.17, 15) is 0 Å². The summed E-state index contributed by atoms with van der Waals surface area (Å²) in [7, 11) is 1.67. The Kier molecular flexibility index (Phi) is 8.03. The Bertz CT molecular complexity index is 486. The van der Waals surface area contributed by atoms with Gasteiger partial charge in [0, 0.05) is 12.8 Å². The van der Waals surface area contributed by atoms with Crippen molar-refractivity contribution in [2.75, 3.05) is 7.11 Å². The fraction of sp³-hybridized carbons (Fsp3) is 0.368. The number of allylic oxidation sites excluding steroid dienone is 2. The molecule has 0 saturated carbocycles. The van der Waals surface area contributed by atoms with Gasteiger partial charge in [-0.05, 0) is 31.0 Å². The van der Waals surface area contributed by atoms with Crippen LogP contribution in [-0.2, 0) is 0 Å². The molecule has 0 N–H and O–H groups in total. The van der Waals surface area contributed by atoms with Crippen LogP contribution in [-0.4, -0.2) is 13.2 Å². The van der Waals surface area contributed by atoms with Crippen LogP contribution in [0.4, 0.5) is 0 Å². The lowest BCUT2D eigenvalue weighted by Gasteiger charge is -2.18. The lowest BCUT2D eigenvalue weighted by atomic mass is 10.1. The summed E-state index contributed by atoms with van der Waals surface area (Å²) in [5, 5.41) is 0. The summed E-state index contributed by atoms with van der Waals surface area (Å²) >= 11 is 0. The summed E-state index contributed by atoms with van der Waals surface area (Å²) in [5.74, 6) is 1.54. The molecule has 1 unspecified atom stereocenters. The van der Waals surface area contributed by atoms with Crippen molar-refractivity contribution < 1.29 is 9.47 Å². The van der Waals surface area contributed by atoms with E-state index < -0.39 is 0 Å². The number of ether oxygens (including phenoxy) is 2. The molecule has 1 aromatic carbocycles. The van der Waals surface area contributed by atoms with E-state index in [0.717, 1.165) is 36.3 Å². The molecule has 0 spiro atoms. The van der Waals surface area contributed by atoms with Crippen LogP contribution in [0.15, 0.2) is 49.1 Å². The zero-order valence-electron chi connectivity index (χ0n) is 13.3. The highest BCUT2D eigenvalue weighted by molar-refractivity contribution is 5.55. The first-order chi connectivity index (χ1) is 10.2. The summed E-state index contributed by atoms with van der Waals surface area (Å²) in [5.41, 5.74) is 1.10. The van der Waals surface area contributed by atoms with Gasteiger partial charge in [0.15, 0.2) is 11.5 Å². The third kappa shape index (κ3) is 5.90. The molecule has 0 aliphatic carbocycles. The standard InChI is InChI=1S/C19H26O2/c1-5-8-9-12-17(11-7-3)21-18-14-13-16(10-6-2)15-19(18)20-4/h6-10,13-15,17H,3,5,11-12H2,1-2,4H3/b9-8-,10-6?. The molecule has 0 aliphatic heterocycles. The van der Waals surface area contributed by atoms with Gasteiger partial charge in [0.25, 0.3) is 0 Å². The smallest absolute Gasteiger partial charge is 0.161 e. The molecule has 0 radical (unpaired) electrons. The molecular weight excluding hydrogens is 260 g/mol. The second kappa shape index (κ2) is 9.87. The van der Waals surface area contributed by atoms with E-state index in [1.165, 1.54) is 0 Å². The Balaban J connectivity index is 2.86. The Morgan fingerprint density at radius 3 is 2.62 bits per heavy atom. The first-order valence-corrected chi connectivity index (χ1v) is 7.48. The van der Waals surface area contributed by atoms with Crippen LogP contribution in [0.3, 0.4) is 0 Å². The molecule has 1 atom stereocenters. The average Bonchev–Trinajstić information content (AvgIpc) is 2.49. The Morgan fingerprint density at radius 1 is 1.19 bits per heavy atom. The molecule has 0 saturated heterocycles. The number of benzene rings is 1. The molecule has 0 amide bonds. The lowest BCUT2D eigenvalue weighted by Crippen LogP contribution is -2.15. The molecule has 0 fully saturated rings. The minimum Gasteiger partial charge on any atom is -0.493 e. The van der Waals surface area contributed by atoms with Gasteiger partial charge in [-0.15, -0.1) is 6.58 Å². The van der Waals surface area contributed by atoms with Crippen molar-refractivity contribution in [3.05, 3.63) is 54.6 Å². The Hall–Kier alpha value is -1.96. The summed E-state index contributed by atoms with van der Waals surface area (Å²) in [4.78, 5) is 0. The first kappa shape index (κ1) is 17.1. The van der Waals surface area contributed by atoms with Crippen molar-refractivity contribution in [1.29, 1.82) is 0 Å². The molecular formula is C19H26O2. The average molecular weight is 286 g/mol. The van der Waals surface area contributed by atoms with E-state index in [1.54, 1.807) is 7.11 Å². The first-order valence-electron chi connectivity index (χ1n) is 7.48. The molecule has 0 heterocycles. The van der Waals surface area contributed by atoms with Gasteiger partial charge in [-0.25, -0.2) is 0 Å². The maximum absolute atomic E-state index is 6.09. The Morgan fingerprint density at radius 2 is 2.00 bits per heavy atom. The zero-order valence-corrected chi connectivity index (χ0v) is 13.3. The zero-order chi connectivity index (χ0) is 15.5. The van der Waals surface area contributed by atoms with E-state index in [0.29, 0.717) is 0 Å². The van der Waals surface area contributed by atoms with Crippen LogP contribution >= 0.6 is 0 Å². The van der Waals surface area contributed by atoms with Gasteiger partial charge in [-0.3, -0.25) is 0 Å². The molecule has 0 bridgehead atoms. The normalized spacial score (nSPS) is 12.7. The second-order valence-corrected chi connectivity index (χ2v) is 4.79. The molecule has 21 heavy (non-hydrogen) atoms. The van der Waals surface area contributed by atoms with E-state index in [2.05, 4.69) is 25.7 Å². The van der Waals surface area contributed by atoms with E-state index in [1.807, 2.05) is 43.4 Å². The summed E-state index contributed by atoms with van der Waals surface area (Å²) < 4.78 is 11.5. The predicted molar refractivity (Wildman–Crippen MR) is 91.0 cm³/mol.